The van der Waals surface area contributed by atoms with Gasteiger partial charge >= 0.3 is 35.0 Å². The van der Waals surface area contributed by atoms with E-state index >= 15 is 0 Å². The van der Waals surface area contributed by atoms with Crippen LogP contribution >= 0.6 is 0 Å². The lowest BCUT2D eigenvalue weighted by atomic mass is 10.1. The minimum Gasteiger partial charge on any atom is -0.481 e. The lowest BCUT2D eigenvalue weighted by molar-refractivity contribution is -0.158. The summed E-state index contributed by atoms with van der Waals surface area (Å²) in [4.78, 5) is 141. The number of carbonyl (C=O) groups excluding carboxylic acids is 5. The number of methoxy groups -OCH3 is 3. The van der Waals surface area contributed by atoms with Gasteiger partial charge < -0.3 is 77.8 Å². The van der Waals surface area contributed by atoms with Gasteiger partial charge in [-0.2, -0.15) is 0 Å². The van der Waals surface area contributed by atoms with Crippen molar-refractivity contribution < 1.29 is 94.9 Å². The van der Waals surface area contributed by atoms with Crippen molar-refractivity contribution in [3.05, 3.63) is 99.3 Å². The first-order valence-electron chi connectivity index (χ1n) is 25.5. The number of esters is 2. The number of H-pyrrole nitrogens is 3. The van der Waals surface area contributed by atoms with Crippen molar-refractivity contribution in [1.82, 2.24) is 28.7 Å². The fourth-order valence-corrected chi connectivity index (χ4v) is 7.14. The average molecular weight is 1130 g/mol. The number of hydrogen-bond donors (Lipinski definition) is 8. The van der Waals surface area contributed by atoms with Crippen LogP contribution in [0.2, 0.25) is 0 Å². The maximum Gasteiger partial charge on any atom is 0.330 e. The number of nitrogens with zero attached hydrogens (tertiary/aromatic N) is 3. The average Bonchev–Trinajstić information content (AvgIpc) is 4.22. The SMILES string of the molecule is CC(=O)CCC(=O)O.CO[C@H]1C(OC(=O)CCC(C)=O)[C@@H](CO)O[C@H]1n1ccc(=O)[nH]c1=O.[2H]C[C@H]1O[C@@H](n2ccc(=O)[nH]c2=O)[C@@H](OC)C1O.[2H]C[C@H]1O[C@@H](n2ccc(=O)[nH]c2=O)[C@@H](OC)C1OC(=O)CCC(C)=O.[3H]OC.[3H]OC. The summed E-state index contributed by atoms with van der Waals surface area (Å²) in [6.45, 7) is 3.27. The van der Waals surface area contributed by atoms with E-state index in [9.17, 15) is 67.7 Å². The van der Waals surface area contributed by atoms with Gasteiger partial charge in [0.2, 0.25) is 2.86 Å². The number of aliphatic hydroxyl groups is 4. The van der Waals surface area contributed by atoms with Gasteiger partial charge in [-0.15, -0.1) is 0 Å². The predicted molar refractivity (Wildman–Crippen MR) is 266 cm³/mol. The molecular weight excluding hydrogens is 1050 g/mol. The Labute approximate surface area is 449 Å². The standard InChI is InChI=1S/C15H20N2O8.C15H20N2O7.C10H14N2O5.C5H8O3.2CH4O/c1-8(19)3-4-11(21)25-12-9(7-18)24-14(13(12)23-2)17-6-5-10(20)16-15(17)22;1-8(18)4-5-11(20)24-12-9(2)23-14(13(12)22-3)17-7-6-10(19)16-15(17)21;1-5-7(14)8(16-2)9(17-5)12-4-3-6(13)11-10(12)15;1-4(6)2-3-5(7)8;2*1-2/h5-6,9,12-14,18H,3-4,7H2,1-2H3,(H,16,20,22);6-7,9,12-14H,4-5H2,1-3H3,(H,16,19,21);3-5,7-9,14H,1-2H3,(H,11,13,15);2-3H2,1H3,(H,7,8);2*2H,1H3/t2*9-,12?,13+,14-;5-,7?,8+,9-;;;/m111.../s1/i;2D;1D;;2*2T. The van der Waals surface area contributed by atoms with Crippen molar-refractivity contribution in [3.8, 4) is 0 Å². The molecule has 3 unspecified atom stereocenters. The molecule has 3 saturated heterocycles. The number of aromatic amines is 3. The lowest BCUT2D eigenvalue weighted by Gasteiger charge is -2.23. The first kappa shape index (κ1) is 61.9. The van der Waals surface area contributed by atoms with E-state index in [4.69, 9.17) is 48.6 Å². The molecule has 0 radical (unpaired) electrons. The minimum atomic E-state index is -1.00. The van der Waals surface area contributed by atoms with Crippen LogP contribution in [0.3, 0.4) is 0 Å². The number of rotatable bonds is 18. The summed E-state index contributed by atoms with van der Waals surface area (Å²) in [6, 6.07) is 3.47. The molecule has 3 fully saturated rings. The van der Waals surface area contributed by atoms with Gasteiger partial charge in [0, 0.05) is 94.3 Å². The molecule has 78 heavy (non-hydrogen) atoms. The van der Waals surface area contributed by atoms with Crippen molar-refractivity contribution >= 4 is 35.3 Å². The second kappa shape index (κ2) is 34.7. The van der Waals surface area contributed by atoms with Gasteiger partial charge in [0.25, 0.3) is 16.7 Å². The number of aromatic nitrogens is 6. The summed E-state index contributed by atoms with van der Waals surface area (Å²) in [5.41, 5.74) is -3.71. The highest BCUT2D eigenvalue weighted by atomic mass is 16.6. The third kappa shape index (κ3) is 21.1. The van der Waals surface area contributed by atoms with Crippen LogP contribution in [0.1, 0.15) is 94.5 Å². The Morgan fingerprint density at radius 2 is 0.923 bits per heavy atom. The van der Waals surface area contributed by atoms with Crippen LogP contribution in [0, 0.1) is 0 Å². The Kier molecular flexibility index (Phi) is 27.6. The van der Waals surface area contributed by atoms with Crippen LogP contribution in [0.25, 0.3) is 0 Å². The van der Waals surface area contributed by atoms with Crippen LogP contribution in [0.5, 0.6) is 0 Å². The quantitative estimate of drug-likeness (QED) is 0.0587. The van der Waals surface area contributed by atoms with Crippen LogP contribution in [-0.4, -0.2) is 189 Å². The van der Waals surface area contributed by atoms with E-state index < -0.39 is 132 Å². The van der Waals surface area contributed by atoms with Gasteiger partial charge in [0.05, 0.1) is 38.1 Å². The molecule has 3 aliphatic rings. The number of aliphatic hydroxyl groups excluding tert-OH is 4. The van der Waals surface area contributed by atoms with Crippen LogP contribution in [0.4, 0.5) is 0 Å². The van der Waals surface area contributed by atoms with Gasteiger partial charge in [0.15, 0.2) is 30.9 Å². The van der Waals surface area contributed by atoms with Crippen LogP contribution in [-0.2, 0) is 66.7 Å². The summed E-state index contributed by atoms with van der Waals surface area (Å²) in [5.74, 6) is -2.54. The fourth-order valence-electron chi connectivity index (χ4n) is 7.14. The lowest BCUT2D eigenvalue weighted by Crippen LogP contribution is -2.41. The molecule has 0 spiro atoms. The van der Waals surface area contributed by atoms with Crippen LogP contribution in [0.15, 0.2) is 65.6 Å². The monoisotopic (exact) mass is 1120 g/mol. The number of hydrogen-bond acceptors (Lipinski definition) is 24. The first-order valence-corrected chi connectivity index (χ1v) is 23.2. The normalized spacial score (nSPS) is 25.2. The third-order valence-electron chi connectivity index (χ3n) is 10.8. The molecule has 0 saturated carbocycles. The van der Waals surface area contributed by atoms with E-state index in [2.05, 4.69) is 25.2 Å². The molecule has 6 rings (SSSR count). The smallest absolute Gasteiger partial charge is 0.330 e. The summed E-state index contributed by atoms with van der Waals surface area (Å²) >= 11 is 0. The van der Waals surface area contributed by atoms with Crippen molar-refractivity contribution in [2.45, 2.75) is 147 Å². The summed E-state index contributed by atoms with van der Waals surface area (Å²) in [5, 5.41) is 34.4. The highest BCUT2D eigenvalue weighted by molar-refractivity contribution is 5.82. The molecule has 3 aromatic rings. The Morgan fingerprint density at radius 3 is 1.26 bits per heavy atom. The number of Topliss-reactive ketones (excluding diaryl/α,β-unsaturated/α-hetero) is 3. The highest BCUT2D eigenvalue weighted by Crippen LogP contribution is 2.34. The van der Waals surface area contributed by atoms with Crippen molar-refractivity contribution in [3.63, 3.8) is 0 Å². The number of ketones is 3. The Morgan fingerprint density at radius 1 is 0.577 bits per heavy atom. The number of aliphatic carboxylic acids is 1. The van der Waals surface area contributed by atoms with Crippen LogP contribution < -0.4 is 33.7 Å². The number of ether oxygens (including phenoxy) is 8. The van der Waals surface area contributed by atoms with Crippen molar-refractivity contribution in [1.29, 1.82) is 2.86 Å². The fraction of sp³-hybridized carbons (Fsp3) is 0.617. The number of nitrogens with one attached hydrogen (secondary N) is 3. The van der Waals surface area contributed by atoms with E-state index in [0.29, 0.717) is 0 Å². The highest BCUT2D eigenvalue weighted by Gasteiger charge is 2.49. The number of carboxylic acids is 1. The summed E-state index contributed by atoms with van der Waals surface area (Å²) < 4.78 is 72.6. The second-order valence-electron chi connectivity index (χ2n) is 16.4. The maximum atomic E-state index is 12.0. The van der Waals surface area contributed by atoms with Crippen molar-refractivity contribution in [2.24, 2.45) is 0 Å². The Hall–Kier alpha value is -6.94. The van der Waals surface area contributed by atoms with Gasteiger partial charge in [-0.25, -0.2) is 14.4 Å². The molecular formula is C47H70N6O25. The zero-order valence-electron chi connectivity index (χ0n) is 47.9. The molecule has 0 amide bonds. The van der Waals surface area contributed by atoms with E-state index in [1.807, 2.05) is 0 Å². The zero-order chi connectivity index (χ0) is 62.4. The summed E-state index contributed by atoms with van der Waals surface area (Å²) in [6.07, 6.45) is -6.89. The van der Waals surface area contributed by atoms with Gasteiger partial charge in [-0.3, -0.25) is 57.4 Å². The molecule has 31 heteroatoms. The molecule has 3 aliphatic heterocycles. The Balaban J connectivity index is 0.000000555. The second-order valence-corrected chi connectivity index (χ2v) is 16.4. The molecule has 12 atom stereocenters. The molecule has 0 aliphatic carbocycles. The van der Waals surface area contributed by atoms with Gasteiger partial charge in [-0.05, 0) is 34.6 Å². The van der Waals surface area contributed by atoms with E-state index in [-0.39, 0.29) is 69.7 Å². The largest absolute Gasteiger partial charge is 0.481 e. The predicted octanol–water partition coefficient (Wildman–Crippen LogP) is -3.04. The van der Waals surface area contributed by atoms with E-state index in [1.54, 1.807) is 0 Å². The first-order chi connectivity index (χ1) is 38.8. The molecule has 8 N–H and O–H groups in total. The van der Waals surface area contributed by atoms with E-state index in [1.165, 1.54) is 81.0 Å². The van der Waals surface area contributed by atoms with E-state index in [0.717, 1.165) is 25.8 Å². The number of carboxylic acid groups (broad SMARTS) is 1. The molecule has 0 bridgehead atoms. The minimum absolute atomic E-state index is 0.0384. The zero-order valence-corrected chi connectivity index (χ0v) is 43.9. The molecule has 31 nitrogen and oxygen atoms in total. The maximum absolute atomic E-state index is 12.0. The molecule has 3 aromatic heterocycles. The molecule has 6 heterocycles. The summed E-state index contributed by atoms with van der Waals surface area (Å²) in [7, 11) is 6.67. The Bertz CT molecular complexity index is 2720. The topological polar surface area (TPSA) is 442 Å². The van der Waals surface area contributed by atoms with Gasteiger partial charge in [0.1, 0.15) is 47.9 Å². The molecule has 438 valence electrons. The number of carbonyl (C=O) groups is 6. The van der Waals surface area contributed by atoms with Crippen molar-refractivity contribution in [2.75, 3.05) is 42.2 Å². The third-order valence-corrected chi connectivity index (χ3v) is 10.8. The van der Waals surface area contributed by atoms with Gasteiger partial charge in [-0.1, -0.05) is 0 Å². The molecule has 0 aromatic carbocycles.